The van der Waals surface area contributed by atoms with E-state index >= 15 is 0 Å². The average Bonchev–Trinajstić information content (AvgIpc) is 2.93. The van der Waals surface area contributed by atoms with Gasteiger partial charge in [-0.15, -0.1) is 0 Å². The minimum Gasteiger partial charge on any atom is -0.329 e. The predicted octanol–water partition coefficient (Wildman–Crippen LogP) is 2.89. The number of hydrogen-bond donors (Lipinski definition) is 2. The second kappa shape index (κ2) is 6.61. The number of nitrogens with one attached hydrogen (secondary N) is 2. The summed E-state index contributed by atoms with van der Waals surface area (Å²) >= 11 is 12.4. The topological polar surface area (TPSA) is 99.7 Å². The van der Waals surface area contributed by atoms with Crippen LogP contribution in [0.25, 0.3) is 0 Å². The molecule has 140 valence electrons. The van der Waals surface area contributed by atoms with Crippen LogP contribution < -0.4 is 4.90 Å². The van der Waals surface area contributed by atoms with Crippen LogP contribution in [-0.4, -0.2) is 24.8 Å². The van der Waals surface area contributed by atoms with Crippen molar-refractivity contribution >= 4 is 28.9 Å². The minimum atomic E-state index is -1.71. The standard InChI is InChI=1S/C21H17Cl2N5/c1-28-12-3-5-17(28)18-13(7-12)14(8-24)20(27)21(9-25,10-26)19(18)11-2-4-15(22)16(23)6-11/h2,4,6-7,12,14,17-19,27H,3,5H2,1H3/p+1/t12-,14?,17+,18-,19-/m0/s1. The van der Waals surface area contributed by atoms with E-state index in [4.69, 9.17) is 28.6 Å². The molecule has 2 heterocycles. The van der Waals surface area contributed by atoms with Crippen LogP contribution in [0, 0.1) is 56.7 Å². The zero-order valence-corrected chi connectivity index (χ0v) is 16.7. The van der Waals surface area contributed by atoms with Gasteiger partial charge in [-0.1, -0.05) is 29.3 Å². The van der Waals surface area contributed by atoms with Crippen molar-refractivity contribution in [2.45, 2.75) is 30.8 Å². The largest absolute Gasteiger partial charge is 0.329 e. The molecule has 0 aromatic heterocycles. The van der Waals surface area contributed by atoms with Gasteiger partial charge < -0.3 is 10.3 Å². The summed E-state index contributed by atoms with van der Waals surface area (Å²) in [6.07, 6.45) is 4.08. The van der Waals surface area contributed by atoms with Crippen LogP contribution in [0.15, 0.2) is 29.8 Å². The number of nitrogens with zero attached hydrogens (tertiary/aromatic N) is 3. The highest BCUT2D eigenvalue weighted by atomic mass is 35.5. The van der Waals surface area contributed by atoms with Gasteiger partial charge in [-0.25, -0.2) is 0 Å². The number of fused-ring (bicyclic) bond motifs is 4. The summed E-state index contributed by atoms with van der Waals surface area (Å²) in [6.45, 7) is 0. The van der Waals surface area contributed by atoms with Gasteiger partial charge in [0.25, 0.3) is 0 Å². The normalized spacial score (nSPS) is 35.1. The zero-order chi connectivity index (χ0) is 20.2. The lowest BCUT2D eigenvalue weighted by Crippen LogP contribution is -3.15. The van der Waals surface area contributed by atoms with Crippen LogP contribution in [0.4, 0.5) is 0 Å². The molecule has 2 N–H and O–H groups in total. The third-order valence-electron chi connectivity index (χ3n) is 6.83. The minimum absolute atomic E-state index is 0.127. The first-order valence-electron chi connectivity index (χ1n) is 9.20. The fourth-order valence-electron chi connectivity index (χ4n) is 5.47. The molecule has 7 heteroatoms. The monoisotopic (exact) mass is 410 g/mol. The van der Waals surface area contributed by atoms with Crippen molar-refractivity contribution in [3.63, 3.8) is 0 Å². The summed E-state index contributed by atoms with van der Waals surface area (Å²) in [5.74, 6) is -1.58. The van der Waals surface area contributed by atoms with Gasteiger partial charge in [0.2, 0.25) is 0 Å². The third-order valence-corrected chi connectivity index (χ3v) is 7.57. The molecular formula is C21H18Cl2N5+. The van der Waals surface area contributed by atoms with Gasteiger partial charge in [-0.3, -0.25) is 0 Å². The van der Waals surface area contributed by atoms with Gasteiger partial charge in [0.1, 0.15) is 12.0 Å². The number of quaternary nitrogens is 1. The molecule has 1 aliphatic carbocycles. The van der Waals surface area contributed by atoms with Crippen LogP contribution in [0.3, 0.4) is 0 Å². The molecule has 2 aliphatic heterocycles. The Balaban J connectivity index is 2.01. The van der Waals surface area contributed by atoms with Crippen LogP contribution in [0.2, 0.25) is 10.0 Å². The molecule has 0 spiro atoms. The molecule has 2 unspecified atom stereocenters. The maximum atomic E-state index is 10.1. The first-order valence-corrected chi connectivity index (χ1v) is 9.96. The van der Waals surface area contributed by atoms with Gasteiger partial charge in [0.15, 0.2) is 5.41 Å². The quantitative estimate of drug-likeness (QED) is 0.695. The summed E-state index contributed by atoms with van der Waals surface area (Å²) in [6, 6.07) is 12.1. The number of likely N-dealkylation sites (N-methyl/N-ethyl adjacent to an activating group) is 1. The molecule has 1 aromatic rings. The number of halogens is 2. The van der Waals surface area contributed by atoms with Crippen molar-refractivity contribution in [3.05, 3.63) is 45.5 Å². The van der Waals surface area contributed by atoms with Gasteiger partial charge in [0, 0.05) is 24.7 Å². The van der Waals surface area contributed by atoms with Gasteiger partial charge in [0.05, 0.1) is 47.1 Å². The highest BCUT2D eigenvalue weighted by Gasteiger charge is 2.62. The van der Waals surface area contributed by atoms with E-state index in [2.05, 4.69) is 31.3 Å². The first-order chi connectivity index (χ1) is 13.4. The fourth-order valence-corrected chi connectivity index (χ4v) is 5.78. The summed E-state index contributed by atoms with van der Waals surface area (Å²) in [5, 5.41) is 39.4. The van der Waals surface area contributed by atoms with Crippen molar-refractivity contribution in [1.82, 2.24) is 0 Å². The molecule has 0 amide bonds. The van der Waals surface area contributed by atoms with Gasteiger partial charge >= 0.3 is 0 Å². The number of benzene rings is 1. The molecule has 28 heavy (non-hydrogen) atoms. The Labute approximate surface area is 173 Å². The van der Waals surface area contributed by atoms with E-state index in [9.17, 15) is 15.8 Å². The molecule has 1 saturated heterocycles. The second-order valence-electron chi connectivity index (χ2n) is 7.89. The molecular weight excluding hydrogens is 393 g/mol. The highest BCUT2D eigenvalue weighted by molar-refractivity contribution is 6.42. The Bertz CT molecular complexity index is 1010. The number of hydrogen-bond acceptors (Lipinski definition) is 4. The highest BCUT2D eigenvalue weighted by Crippen LogP contribution is 2.55. The van der Waals surface area contributed by atoms with E-state index in [-0.39, 0.29) is 17.7 Å². The first kappa shape index (κ1) is 19.0. The van der Waals surface area contributed by atoms with E-state index in [0.717, 1.165) is 18.4 Å². The lowest BCUT2D eigenvalue weighted by molar-refractivity contribution is -0.916. The Morgan fingerprint density at radius 2 is 1.86 bits per heavy atom. The van der Waals surface area contributed by atoms with E-state index in [1.165, 1.54) is 4.90 Å². The Morgan fingerprint density at radius 1 is 1.14 bits per heavy atom. The van der Waals surface area contributed by atoms with Crippen LogP contribution in [0.5, 0.6) is 0 Å². The maximum Gasteiger partial charge on any atom is 0.189 e. The molecule has 6 atom stereocenters. The summed E-state index contributed by atoms with van der Waals surface area (Å²) < 4.78 is 0. The Kier molecular flexibility index (Phi) is 4.48. The zero-order valence-electron chi connectivity index (χ0n) is 15.2. The van der Waals surface area contributed by atoms with E-state index in [0.29, 0.717) is 21.7 Å². The van der Waals surface area contributed by atoms with E-state index < -0.39 is 17.3 Å². The second-order valence-corrected chi connectivity index (χ2v) is 8.70. The smallest absolute Gasteiger partial charge is 0.189 e. The van der Waals surface area contributed by atoms with Crippen molar-refractivity contribution < 1.29 is 4.90 Å². The van der Waals surface area contributed by atoms with Crippen LogP contribution in [0.1, 0.15) is 24.3 Å². The van der Waals surface area contributed by atoms with Crippen molar-refractivity contribution in [3.8, 4) is 18.2 Å². The van der Waals surface area contributed by atoms with Crippen molar-refractivity contribution in [1.29, 1.82) is 21.2 Å². The molecule has 4 rings (SSSR count). The molecule has 1 saturated carbocycles. The number of rotatable bonds is 1. The lowest BCUT2D eigenvalue weighted by Gasteiger charge is -2.48. The van der Waals surface area contributed by atoms with Gasteiger partial charge in [-0.05, 0) is 29.3 Å². The Morgan fingerprint density at radius 3 is 2.46 bits per heavy atom. The fraction of sp³-hybridized carbons (Fsp3) is 0.429. The van der Waals surface area contributed by atoms with E-state index in [1.807, 2.05) is 0 Å². The molecule has 2 fully saturated rings. The van der Waals surface area contributed by atoms with Crippen molar-refractivity contribution in [2.75, 3.05) is 7.05 Å². The maximum absolute atomic E-state index is 10.1. The Hall–Kier alpha value is -2.36. The third kappa shape index (κ3) is 2.36. The molecule has 1 aromatic carbocycles. The molecule has 2 bridgehead atoms. The van der Waals surface area contributed by atoms with Gasteiger partial charge in [-0.2, -0.15) is 15.8 Å². The summed E-state index contributed by atoms with van der Waals surface area (Å²) in [4.78, 5) is 1.34. The van der Waals surface area contributed by atoms with E-state index in [1.54, 1.807) is 18.2 Å². The van der Waals surface area contributed by atoms with Crippen LogP contribution in [-0.2, 0) is 0 Å². The van der Waals surface area contributed by atoms with Crippen molar-refractivity contribution in [2.24, 2.45) is 17.3 Å². The average molecular weight is 411 g/mol. The molecule has 3 aliphatic rings. The molecule has 5 nitrogen and oxygen atoms in total. The van der Waals surface area contributed by atoms with Crippen LogP contribution >= 0.6 is 23.2 Å². The number of nitriles is 3. The lowest BCUT2D eigenvalue weighted by atomic mass is 9.53. The summed E-state index contributed by atoms with van der Waals surface area (Å²) in [5.41, 5.74) is -0.233. The predicted molar refractivity (Wildman–Crippen MR) is 105 cm³/mol. The summed E-state index contributed by atoms with van der Waals surface area (Å²) in [7, 11) is 2.13. The molecule has 0 radical (unpaired) electrons. The SMILES string of the molecule is C[NH+]1[C@@H]2C=C3C(C#N)C(=N)C(C#N)(C#N)[C@@H](c4ccc(Cl)c(Cl)c4)[C@@H]3[C@H]1CC2.